The van der Waals surface area contributed by atoms with E-state index in [1.165, 1.54) is 0 Å². The highest BCUT2D eigenvalue weighted by Crippen LogP contribution is 1.95. The summed E-state index contributed by atoms with van der Waals surface area (Å²) in [7, 11) is 3.32. The van der Waals surface area contributed by atoms with E-state index in [0.29, 0.717) is 12.8 Å². The number of carbonyl (C=O) groups is 3. The molecular weight excluding hydrogens is 292 g/mol. The third-order valence-corrected chi connectivity index (χ3v) is 2.45. The molecule has 9 heteroatoms. The molecule has 132 valence electrons. The Labute approximate surface area is 131 Å². The zero-order valence-electron chi connectivity index (χ0n) is 13.8. The van der Waals surface area contributed by atoms with Gasteiger partial charge < -0.3 is 32.3 Å². The zero-order valence-corrected chi connectivity index (χ0v) is 13.8. The number of hydrogen-bond acceptors (Lipinski definition) is 5. The Morgan fingerprint density at radius 3 is 1.14 bits per heavy atom. The molecule has 0 bridgehead atoms. The highest BCUT2D eigenvalue weighted by atomic mass is 16.4. The lowest BCUT2D eigenvalue weighted by Gasteiger charge is -2.07. The maximum absolute atomic E-state index is 10.3. The molecule has 0 aromatic heterocycles. The molecule has 2 atom stereocenters. The van der Waals surface area contributed by atoms with Crippen LogP contribution in [0.4, 0.5) is 4.79 Å². The molecule has 0 aliphatic carbocycles. The van der Waals surface area contributed by atoms with Crippen LogP contribution in [0, 0.1) is 0 Å². The van der Waals surface area contributed by atoms with E-state index in [1.54, 1.807) is 14.1 Å². The molecule has 2 unspecified atom stereocenters. The smallest absolute Gasteiger partial charge is 0.320 e. The SMILES string of the molecule is CCCC(NC)C(=O)O.CCCC(NC)C(=O)O.NC(N)=O. The average molecular weight is 322 g/mol. The fraction of sp³-hybridized carbons (Fsp3) is 0.769. The third kappa shape index (κ3) is 20.4. The summed E-state index contributed by atoms with van der Waals surface area (Å²) in [5.41, 5.74) is 8.50. The number of rotatable bonds is 8. The maximum atomic E-state index is 10.3. The van der Waals surface area contributed by atoms with Crippen molar-refractivity contribution in [1.29, 1.82) is 0 Å². The van der Waals surface area contributed by atoms with Crippen molar-refractivity contribution in [1.82, 2.24) is 10.6 Å². The largest absolute Gasteiger partial charge is 0.480 e. The molecule has 0 aromatic rings. The fourth-order valence-electron chi connectivity index (χ4n) is 1.36. The van der Waals surface area contributed by atoms with Gasteiger partial charge in [-0.1, -0.05) is 26.7 Å². The molecule has 0 saturated heterocycles. The Morgan fingerprint density at radius 1 is 0.864 bits per heavy atom. The Kier molecular flexibility index (Phi) is 19.6. The summed E-state index contributed by atoms with van der Waals surface area (Å²) >= 11 is 0. The topological polar surface area (TPSA) is 168 Å². The summed E-state index contributed by atoms with van der Waals surface area (Å²) < 4.78 is 0. The summed E-state index contributed by atoms with van der Waals surface area (Å²) in [5.74, 6) is -1.53. The Hall–Kier alpha value is -1.87. The molecule has 22 heavy (non-hydrogen) atoms. The standard InChI is InChI=1S/2C6H13NO2.CH4N2O/c2*1-3-4-5(7-2)6(8)9;2-1(3)4/h2*5,7H,3-4H2,1-2H3,(H,8,9);(H4,2,3,4). The second-order valence-corrected chi connectivity index (χ2v) is 4.34. The molecular formula is C13H30N4O5. The summed E-state index contributed by atoms with van der Waals surface area (Å²) in [6.07, 6.45) is 3.20. The Balaban J connectivity index is -0.000000266. The number of urea groups is 1. The van der Waals surface area contributed by atoms with Gasteiger partial charge in [-0.2, -0.15) is 0 Å². The average Bonchev–Trinajstić information content (AvgIpc) is 2.41. The van der Waals surface area contributed by atoms with Crippen LogP contribution in [0.3, 0.4) is 0 Å². The van der Waals surface area contributed by atoms with E-state index in [-0.39, 0.29) is 12.1 Å². The summed E-state index contributed by atoms with van der Waals surface area (Å²) in [4.78, 5) is 29.5. The predicted molar refractivity (Wildman–Crippen MR) is 84.6 cm³/mol. The molecule has 0 rings (SSSR count). The maximum Gasteiger partial charge on any atom is 0.320 e. The quantitative estimate of drug-likeness (QED) is 0.364. The number of amides is 2. The molecule has 0 aliphatic heterocycles. The lowest BCUT2D eigenvalue weighted by atomic mass is 10.2. The monoisotopic (exact) mass is 322 g/mol. The van der Waals surface area contributed by atoms with Gasteiger partial charge in [0.25, 0.3) is 0 Å². The van der Waals surface area contributed by atoms with E-state index < -0.39 is 18.0 Å². The first kappa shape index (κ1) is 25.1. The number of likely N-dealkylation sites (N-methyl/N-ethyl adjacent to an activating group) is 2. The minimum absolute atomic E-state index is 0.366. The predicted octanol–water partition coefficient (Wildman–Crippen LogP) is -0.0580. The third-order valence-electron chi connectivity index (χ3n) is 2.45. The molecule has 0 radical (unpaired) electrons. The van der Waals surface area contributed by atoms with Crippen molar-refractivity contribution in [3.8, 4) is 0 Å². The first-order valence-corrected chi connectivity index (χ1v) is 7.02. The van der Waals surface area contributed by atoms with Gasteiger partial charge in [-0.05, 0) is 26.9 Å². The van der Waals surface area contributed by atoms with Gasteiger partial charge in [0.2, 0.25) is 0 Å². The van der Waals surface area contributed by atoms with Gasteiger partial charge in [-0.15, -0.1) is 0 Å². The van der Waals surface area contributed by atoms with Gasteiger partial charge in [0, 0.05) is 0 Å². The zero-order chi connectivity index (χ0) is 18.1. The van der Waals surface area contributed by atoms with Crippen molar-refractivity contribution < 1.29 is 24.6 Å². The molecule has 2 amide bonds. The van der Waals surface area contributed by atoms with Crippen molar-refractivity contribution >= 4 is 18.0 Å². The molecule has 0 fully saturated rings. The second kappa shape index (κ2) is 17.2. The van der Waals surface area contributed by atoms with Crippen LogP contribution in [-0.2, 0) is 9.59 Å². The lowest BCUT2D eigenvalue weighted by molar-refractivity contribution is -0.140. The minimum atomic E-state index is -0.833. The van der Waals surface area contributed by atoms with E-state index in [2.05, 4.69) is 22.1 Å². The number of carboxylic acid groups (broad SMARTS) is 2. The van der Waals surface area contributed by atoms with E-state index in [0.717, 1.165) is 12.8 Å². The fourth-order valence-corrected chi connectivity index (χ4v) is 1.36. The van der Waals surface area contributed by atoms with Crippen LogP contribution in [0.15, 0.2) is 0 Å². The van der Waals surface area contributed by atoms with Crippen molar-refractivity contribution in [3.63, 3.8) is 0 Å². The van der Waals surface area contributed by atoms with Gasteiger partial charge in [0.15, 0.2) is 0 Å². The van der Waals surface area contributed by atoms with Crippen LogP contribution < -0.4 is 22.1 Å². The van der Waals surface area contributed by atoms with Crippen LogP contribution >= 0.6 is 0 Å². The lowest BCUT2D eigenvalue weighted by Crippen LogP contribution is -2.33. The van der Waals surface area contributed by atoms with E-state index in [9.17, 15) is 9.59 Å². The summed E-state index contributed by atoms with van der Waals surface area (Å²) in [6.45, 7) is 3.93. The minimum Gasteiger partial charge on any atom is -0.480 e. The van der Waals surface area contributed by atoms with Crippen LogP contribution in [0.1, 0.15) is 39.5 Å². The number of hydrogen-bond donors (Lipinski definition) is 6. The molecule has 0 heterocycles. The van der Waals surface area contributed by atoms with E-state index >= 15 is 0 Å². The van der Waals surface area contributed by atoms with Crippen LogP contribution in [0.2, 0.25) is 0 Å². The molecule has 0 aromatic carbocycles. The van der Waals surface area contributed by atoms with Crippen LogP contribution in [0.5, 0.6) is 0 Å². The van der Waals surface area contributed by atoms with Gasteiger partial charge in [0.05, 0.1) is 0 Å². The van der Waals surface area contributed by atoms with Crippen molar-refractivity contribution in [2.45, 2.75) is 51.6 Å². The number of carbonyl (C=O) groups excluding carboxylic acids is 1. The number of aliphatic carboxylic acids is 2. The summed E-state index contributed by atoms with van der Waals surface area (Å²) in [6, 6.07) is -1.56. The first-order chi connectivity index (χ1) is 10.2. The van der Waals surface area contributed by atoms with Crippen molar-refractivity contribution in [3.05, 3.63) is 0 Å². The Bertz CT molecular complexity index is 285. The second-order valence-electron chi connectivity index (χ2n) is 4.34. The van der Waals surface area contributed by atoms with Gasteiger partial charge in [-0.3, -0.25) is 9.59 Å². The van der Waals surface area contributed by atoms with E-state index in [1.807, 2.05) is 13.8 Å². The van der Waals surface area contributed by atoms with Crippen LogP contribution in [-0.4, -0.2) is 54.4 Å². The number of primary amides is 2. The van der Waals surface area contributed by atoms with Gasteiger partial charge in [0.1, 0.15) is 12.1 Å². The van der Waals surface area contributed by atoms with Gasteiger partial charge >= 0.3 is 18.0 Å². The number of nitrogens with one attached hydrogen (secondary N) is 2. The highest BCUT2D eigenvalue weighted by Gasteiger charge is 2.12. The van der Waals surface area contributed by atoms with Crippen LogP contribution in [0.25, 0.3) is 0 Å². The van der Waals surface area contributed by atoms with Crippen molar-refractivity contribution in [2.24, 2.45) is 11.5 Å². The molecule has 0 saturated carbocycles. The van der Waals surface area contributed by atoms with Gasteiger partial charge in [-0.25, -0.2) is 4.79 Å². The highest BCUT2D eigenvalue weighted by molar-refractivity contribution is 5.73. The Morgan fingerprint density at radius 2 is 1.09 bits per heavy atom. The molecule has 0 spiro atoms. The molecule has 9 nitrogen and oxygen atoms in total. The normalized spacial score (nSPS) is 11.8. The van der Waals surface area contributed by atoms with Crippen molar-refractivity contribution in [2.75, 3.05) is 14.1 Å². The summed E-state index contributed by atoms with van der Waals surface area (Å²) in [5, 5.41) is 22.3. The van der Waals surface area contributed by atoms with E-state index in [4.69, 9.17) is 15.0 Å². The first-order valence-electron chi connectivity index (χ1n) is 7.02. The molecule has 0 aliphatic rings. The molecule has 8 N–H and O–H groups in total. The number of nitrogens with two attached hydrogens (primary N) is 2. The number of carboxylic acids is 2.